The Morgan fingerprint density at radius 3 is 1.70 bits per heavy atom. The molecule has 3 heteroatoms. The van der Waals surface area contributed by atoms with Crippen molar-refractivity contribution < 1.29 is 4.42 Å². The molecule has 0 unspecified atom stereocenters. The minimum Gasteiger partial charge on any atom is -0.455 e. The molecule has 10 aromatic rings. The Morgan fingerprint density at radius 1 is 0.380 bits per heavy atom. The molecule has 0 aliphatic heterocycles. The molecule has 0 spiro atoms. The first-order valence-electron chi connectivity index (χ1n) is 17.0. The number of furan rings is 1. The minimum absolute atomic E-state index is 0.839. The summed E-state index contributed by atoms with van der Waals surface area (Å²) in [6, 6.07) is 64.1. The Kier molecular flexibility index (Phi) is 6.49. The van der Waals surface area contributed by atoms with Gasteiger partial charge < -0.3 is 8.98 Å². The molecule has 3 aromatic heterocycles. The van der Waals surface area contributed by atoms with Crippen molar-refractivity contribution in [1.29, 1.82) is 0 Å². The van der Waals surface area contributed by atoms with E-state index in [1.807, 2.05) is 6.07 Å². The SMILES string of the molecule is c1ccc(-c2cc(-c3ccccc3)nc(-c3cccc4c3oc3c4ccc4c3c3cc(-c5ccccc5)ccc3n4-c3ccccc3)c2)cc1. The summed E-state index contributed by atoms with van der Waals surface area (Å²) >= 11 is 0. The molecule has 3 nitrogen and oxygen atoms in total. The third-order valence-corrected chi connectivity index (χ3v) is 9.79. The maximum atomic E-state index is 7.09. The highest BCUT2D eigenvalue weighted by Gasteiger charge is 2.21. The first kappa shape index (κ1) is 28.3. The lowest BCUT2D eigenvalue weighted by Gasteiger charge is -2.10. The van der Waals surface area contributed by atoms with Gasteiger partial charge >= 0.3 is 0 Å². The molecule has 0 aliphatic rings. The van der Waals surface area contributed by atoms with Crippen LogP contribution < -0.4 is 0 Å². The Hall–Kier alpha value is -6.71. The number of hydrogen-bond donors (Lipinski definition) is 0. The van der Waals surface area contributed by atoms with E-state index >= 15 is 0 Å². The molecule has 0 aliphatic carbocycles. The first-order valence-corrected chi connectivity index (χ1v) is 17.0. The average molecular weight is 639 g/mol. The fourth-order valence-electron chi connectivity index (χ4n) is 7.45. The van der Waals surface area contributed by atoms with Gasteiger partial charge in [0.1, 0.15) is 11.2 Å². The van der Waals surface area contributed by atoms with Crippen molar-refractivity contribution in [2.45, 2.75) is 0 Å². The van der Waals surface area contributed by atoms with Gasteiger partial charge in [-0.3, -0.25) is 0 Å². The van der Waals surface area contributed by atoms with E-state index in [1.54, 1.807) is 0 Å². The predicted molar refractivity (Wildman–Crippen MR) is 208 cm³/mol. The molecule has 0 bridgehead atoms. The fourth-order valence-corrected chi connectivity index (χ4v) is 7.45. The first-order chi connectivity index (χ1) is 24.8. The molecular formula is C47H30N2O. The van der Waals surface area contributed by atoms with Crippen LogP contribution in [0.2, 0.25) is 0 Å². The van der Waals surface area contributed by atoms with Crippen LogP contribution in [-0.4, -0.2) is 9.55 Å². The molecule has 234 valence electrons. The zero-order valence-corrected chi connectivity index (χ0v) is 27.1. The Labute approximate surface area is 289 Å². The van der Waals surface area contributed by atoms with Gasteiger partial charge in [-0.25, -0.2) is 4.98 Å². The van der Waals surface area contributed by atoms with E-state index in [4.69, 9.17) is 9.40 Å². The number of aromatic nitrogens is 2. The van der Waals surface area contributed by atoms with Crippen molar-refractivity contribution in [2.24, 2.45) is 0 Å². The van der Waals surface area contributed by atoms with Crippen LogP contribution in [0.4, 0.5) is 0 Å². The standard InChI is InChI=1S/C47H30N2O/c1-5-14-31(15-6-1)34-24-26-43-40(28-34)45-44(49(43)36-20-11-4-12-21-36)27-25-38-37-22-13-23-39(46(37)50-47(38)45)42-30-35(32-16-7-2-8-17-32)29-41(48-42)33-18-9-3-10-19-33/h1-30H. The van der Waals surface area contributed by atoms with Crippen LogP contribution in [0.15, 0.2) is 186 Å². The van der Waals surface area contributed by atoms with Crippen molar-refractivity contribution in [2.75, 3.05) is 0 Å². The van der Waals surface area contributed by atoms with E-state index in [2.05, 4.69) is 180 Å². The highest BCUT2D eigenvalue weighted by molar-refractivity contribution is 6.25. The summed E-state index contributed by atoms with van der Waals surface area (Å²) in [6.45, 7) is 0. The second-order valence-electron chi connectivity index (χ2n) is 12.7. The Balaban J connectivity index is 1.26. The molecule has 0 atom stereocenters. The third kappa shape index (κ3) is 4.56. The fraction of sp³-hybridized carbons (Fsp3) is 0. The zero-order chi connectivity index (χ0) is 33.0. The van der Waals surface area contributed by atoms with Crippen LogP contribution in [0.3, 0.4) is 0 Å². The summed E-state index contributed by atoms with van der Waals surface area (Å²) in [7, 11) is 0. The highest BCUT2D eigenvalue weighted by Crippen LogP contribution is 2.44. The van der Waals surface area contributed by atoms with Gasteiger partial charge in [-0.15, -0.1) is 0 Å². The number of nitrogens with zero attached hydrogens (tertiary/aromatic N) is 2. The summed E-state index contributed by atoms with van der Waals surface area (Å²) in [5, 5.41) is 4.44. The molecule has 0 saturated heterocycles. The Morgan fingerprint density at radius 2 is 0.980 bits per heavy atom. The second kappa shape index (κ2) is 11.5. The van der Waals surface area contributed by atoms with Crippen LogP contribution in [-0.2, 0) is 0 Å². The van der Waals surface area contributed by atoms with Crippen molar-refractivity contribution in [3.05, 3.63) is 182 Å². The highest BCUT2D eigenvalue weighted by atomic mass is 16.3. The summed E-state index contributed by atoms with van der Waals surface area (Å²) in [6.07, 6.45) is 0. The van der Waals surface area contributed by atoms with E-state index < -0.39 is 0 Å². The molecular weight excluding hydrogens is 609 g/mol. The van der Waals surface area contributed by atoms with E-state index in [-0.39, 0.29) is 0 Å². The average Bonchev–Trinajstić information content (AvgIpc) is 3.74. The topological polar surface area (TPSA) is 31.0 Å². The van der Waals surface area contributed by atoms with Gasteiger partial charge in [0, 0.05) is 33.0 Å². The molecule has 0 radical (unpaired) electrons. The van der Waals surface area contributed by atoms with Crippen LogP contribution in [0.1, 0.15) is 0 Å². The molecule has 0 saturated carbocycles. The predicted octanol–water partition coefficient (Wildman–Crippen LogP) is 12.7. The van der Waals surface area contributed by atoms with Gasteiger partial charge in [0.2, 0.25) is 0 Å². The van der Waals surface area contributed by atoms with E-state index in [1.165, 1.54) is 11.1 Å². The molecule has 0 fully saturated rings. The van der Waals surface area contributed by atoms with Crippen molar-refractivity contribution in [1.82, 2.24) is 9.55 Å². The molecule has 0 N–H and O–H groups in total. The van der Waals surface area contributed by atoms with Gasteiger partial charge in [0.15, 0.2) is 0 Å². The lowest BCUT2D eigenvalue weighted by Crippen LogP contribution is -1.92. The van der Waals surface area contributed by atoms with Crippen LogP contribution in [0.25, 0.3) is 94.2 Å². The quantitative estimate of drug-likeness (QED) is 0.188. The largest absolute Gasteiger partial charge is 0.455 e. The summed E-state index contributed by atoms with van der Waals surface area (Å²) in [5.41, 5.74) is 13.6. The molecule has 50 heavy (non-hydrogen) atoms. The maximum Gasteiger partial charge on any atom is 0.145 e. The van der Waals surface area contributed by atoms with E-state index in [0.29, 0.717) is 0 Å². The minimum atomic E-state index is 0.839. The molecule has 10 rings (SSSR count). The van der Waals surface area contributed by atoms with Crippen LogP contribution >= 0.6 is 0 Å². The lowest BCUT2D eigenvalue weighted by atomic mass is 9.99. The van der Waals surface area contributed by atoms with Gasteiger partial charge in [0.05, 0.1) is 27.8 Å². The lowest BCUT2D eigenvalue weighted by molar-refractivity contribution is 0.674. The van der Waals surface area contributed by atoms with Gasteiger partial charge in [-0.05, 0) is 76.9 Å². The summed E-state index contributed by atoms with van der Waals surface area (Å²) in [5.74, 6) is 0. The van der Waals surface area contributed by atoms with Gasteiger partial charge in [-0.1, -0.05) is 127 Å². The number of benzene rings is 7. The monoisotopic (exact) mass is 638 g/mol. The number of para-hydroxylation sites is 2. The maximum absolute atomic E-state index is 7.09. The molecule has 7 aromatic carbocycles. The van der Waals surface area contributed by atoms with Crippen LogP contribution in [0.5, 0.6) is 0 Å². The van der Waals surface area contributed by atoms with Crippen molar-refractivity contribution >= 4 is 43.7 Å². The molecule has 0 amide bonds. The van der Waals surface area contributed by atoms with Crippen molar-refractivity contribution in [3.8, 4) is 50.5 Å². The van der Waals surface area contributed by atoms with Gasteiger partial charge in [-0.2, -0.15) is 0 Å². The summed E-state index contributed by atoms with van der Waals surface area (Å²) in [4.78, 5) is 5.26. The number of hydrogen-bond acceptors (Lipinski definition) is 2. The van der Waals surface area contributed by atoms with Gasteiger partial charge in [0.25, 0.3) is 0 Å². The smallest absolute Gasteiger partial charge is 0.145 e. The molecule has 3 heterocycles. The van der Waals surface area contributed by atoms with Crippen molar-refractivity contribution in [3.63, 3.8) is 0 Å². The van der Waals surface area contributed by atoms with Crippen LogP contribution in [0, 0.1) is 0 Å². The number of pyridine rings is 1. The number of rotatable bonds is 5. The zero-order valence-electron chi connectivity index (χ0n) is 27.1. The summed E-state index contributed by atoms with van der Waals surface area (Å²) < 4.78 is 9.44. The van der Waals surface area contributed by atoms with E-state index in [9.17, 15) is 0 Å². The Bertz CT molecular complexity index is 2780. The number of fused-ring (bicyclic) bond motifs is 7. The second-order valence-corrected chi connectivity index (χ2v) is 12.7. The third-order valence-electron chi connectivity index (χ3n) is 9.79. The normalized spacial score (nSPS) is 11.6. The van der Waals surface area contributed by atoms with E-state index in [0.717, 1.165) is 83.1 Å².